The Labute approximate surface area is 52.0 Å². The van der Waals surface area contributed by atoms with E-state index in [0.717, 1.165) is 12.3 Å². The third-order valence-corrected chi connectivity index (χ3v) is 1.08. The van der Waals surface area contributed by atoms with Crippen LogP contribution in [0, 0.1) is 0 Å². The summed E-state index contributed by atoms with van der Waals surface area (Å²) in [6.07, 6.45) is 0. The molecule has 0 bridgehead atoms. The van der Waals surface area contributed by atoms with Crippen molar-refractivity contribution in [1.82, 2.24) is 0 Å². The minimum absolute atomic E-state index is 0. The molecular formula is C3H4BrNS. The second kappa shape index (κ2) is 3.59. The van der Waals surface area contributed by atoms with Gasteiger partial charge < -0.3 is 17.0 Å². The monoisotopic (exact) mass is 165 g/mol. The topological polar surface area (TPSA) is 12.4 Å². The summed E-state index contributed by atoms with van der Waals surface area (Å²) < 4.78 is 0. The molecule has 1 rings (SSSR count). The van der Waals surface area contributed by atoms with Crippen molar-refractivity contribution in [3.05, 3.63) is 0 Å². The molecule has 0 unspecified atom stereocenters. The standard InChI is InChI=1S/C3H4NS.BrH/c1-2-5-3-4-1;/h1-2H2;1H/q+1;/p-1. The van der Waals surface area contributed by atoms with Crippen molar-refractivity contribution >= 4 is 17.3 Å². The smallest absolute Gasteiger partial charge is 0.447 e. The number of thioether (sulfide) groups is 1. The molecule has 0 saturated heterocycles. The highest BCUT2D eigenvalue weighted by Gasteiger charge is 2.06. The van der Waals surface area contributed by atoms with E-state index < -0.39 is 0 Å². The Bertz CT molecular complexity index is 48.8. The molecule has 0 N–H and O–H groups in total. The molecule has 0 saturated carbocycles. The highest BCUT2D eigenvalue weighted by molar-refractivity contribution is 8.12. The van der Waals surface area contributed by atoms with Crippen molar-refractivity contribution in [2.75, 3.05) is 12.3 Å². The van der Waals surface area contributed by atoms with Gasteiger partial charge in [0, 0.05) is 0 Å². The van der Waals surface area contributed by atoms with Gasteiger partial charge in [-0.05, 0) is 4.99 Å². The van der Waals surface area contributed by atoms with E-state index in [1.54, 1.807) is 11.8 Å². The van der Waals surface area contributed by atoms with Gasteiger partial charge in [0.2, 0.25) is 0 Å². The van der Waals surface area contributed by atoms with Crippen molar-refractivity contribution in [2.45, 2.75) is 0 Å². The predicted octanol–water partition coefficient (Wildman–Crippen LogP) is -2.36. The average Bonchev–Trinajstić information content (AvgIpc) is 1.76. The highest BCUT2D eigenvalue weighted by Crippen LogP contribution is 1.99. The third-order valence-electron chi connectivity index (χ3n) is 0.434. The van der Waals surface area contributed by atoms with Gasteiger partial charge in [-0.1, -0.05) is 0 Å². The van der Waals surface area contributed by atoms with Gasteiger partial charge in [-0.3, -0.25) is 0 Å². The molecule has 0 atom stereocenters. The molecular weight excluding hydrogens is 162 g/mol. The van der Waals surface area contributed by atoms with Gasteiger partial charge in [-0.15, -0.1) is 0 Å². The lowest BCUT2D eigenvalue weighted by atomic mass is 10.8. The average molecular weight is 166 g/mol. The van der Waals surface area contributed by atoms with Crippen LogP contribution in [-0.4, -0.2) is 17.8 Å². The summed E-state index contributed by atoms with van der Waals surface area (Å²) in [5, 5.41) is 0. The molecule has 1 aliphatic heterocycles. The van der Waals surface area contributed by atoms with Crippen LogP contribution in [0.15, 0.2) is 4.99 Å². The summed E-state index contributed by atoms with van der Waals surface area (Å²) >= 11 is 1.66. The summed E-state index contributed by atoms with van der Waals surface area (Å²) in [5.74, 6) is 1.14. The maximum absolute atomic E-state index is 3.80. The molecule has 0 aromatic carbocycles. The number of halogens is 1. The van der Waals surface area contributed by atoms with Crippen LogP contribution in [0.1, 0.15) is 0 Å². The fourth-order valence-corrected chi connectivity index (χ4v) is 0.685. The molecule has 6 heavy (non-hydrogen) atoms. The zero-order chi connectivity index (χ0) is 3.54. The van der Waals surface area contributed by atoms with E-state index in [0.29, 0.717) is 0 Å². The van der Waals surface area contributed by atoms with Crippen molar-refractivity contribution in [3.8, 4) is 0 Å². The largest absolute Gasteiger partial charge is 1.00 e. The molecule has 1 aliphatic rings. The molecule has 0 aromatic rings. The first kappa shape index (κ1) is 6.41. The van der Waals surface area contributed by atoms with E-state index >= 15 is 0 Å². The minimum atomic E-state index is 0. The van der Waals surface area contributed by atoms with Gasteiger partial charge in [0.25, 0.3) is 0 Å². The van der Waals surface area contributed by atoms with E-state index in [2.05, 4.69) is 10.5 Å². The van der Waals surface area contributed by atoms with Gasteiger partial charge in [0.15, 0.2) is 11.8 Å². The Morgan fingerprint density at radius 1 is 1.67 bits per heavy atom. The van der Waals surface area contributed by atoms with Crippen molar-refractivity contribution in [3.63, 3.8) is 0 Å². The molecule has 0 spiro atoms. The van der Waals surface area contributed by atoms with Crippen molar-refractivity contribution < 1.29 is 17.0 Å². The second-order valence-corrected chi connectivity index (χ2v) is 1.70. The zero-order valence-electron chi connectivity index (χ0n) is 3.15. The summed E-state index contributed by atoms with van der Waals surface area (Å²) in [7, 11) is 0. The second-order valence-electron chi connectivity index (χ2n) is 0.821. The molecule has 1 nitrogen and oxygen atoms in total. The first-order valence-corrected chi connectivity index (χ1v) is 2.52. The summed E-state index contributed by atoms with van der Waals surface area (Å²) in [5.41, 5.74) is 2.76. The SMILES string of the molecule is [Br-].[C+]1=NCCS1. The lowest BCUT2D eigenvalue weighted by Crippen LogP contribution is -3.00. The Morgan fingerprint density at radius 3 is 2.67 bits per heavy atom. The first-order chi connectivity index (χ1) is 2.50. The van der Waals surface area contributed by atoms with Crippen LogP contribution in [0.4, 0.5) is 0 Å². The fraction of sp³-hybridized carbons (Fsp3) is 0.667. The quantitative estimate of drug-likeness (QED) is 0.367. The van der Waals surface area contributed by atoms with Gasteiger partial charge in [0.1, 0.15) is 6.54 Å². The van der Waals surface area contributed by atoms with Crippen LogP contribution in [0.5, 0.6) is 0 Å². The molecule has 0 radical (unpaired) electrons. The minimum Gasteiger partial charge on any atom is -1.00 e. The van der Waals surface area contributed by atoms with Crippen LogP contribution < -0.4 is 17.0 Å². The first-order valence-electron chi connectivity index (χ1n) is 1.53. The third kappa shape index (κ3) is 1.75. The van der Waals surface area contributed by atoms with Crippen LogP contribution in [0.25, 0.3) is 0 Å². The van der Waals surface area contributed by atoms with Crippen LogP contribution in [-0.2, 0) is 0 Å². The molecule has 0 amide bonds. The van der Waals surface area contributed by atoms with Crippen LogP contribution in [0.2, 0.25) is 0 Å². The predicted molar refractivity (Wildman–Crippen MR) is 24.8 cm³/mol. The zero-order valence-corrected chi connectivity index (χ0v) is 5.55. The van der Waals surface area contributed by atoms with Crippen LogP contribution >= 0.6 is 11.8 Å². The molecule has 1 heterocycles. The Kier molecular flexibility index (Phi) is 3.84. The number of aliphatic imine (C=N–C) groups is 1. The van der Waals surface area contributed by atoms with Crippen LogP contribution in [0.3, 0.4) is 0 Å². The summed E-state index contributed by atoms with van der Waals surface area (Å²) in [6.45, 7) is 0.977. The highest BCUT2D eigenvalue weighted by atomic mass is 79.9. The summed E-state index contributed by atoms with van der Waals surface area (Å²) in [4.78, 5) is 3.80. The molecule has 0 aromatic heterocycles. The summed E-state index contributed by atoms with van der Waals surface area (Å²) in [6, 6.07) is 0. The number of rotatable bonds is 0. The number of nitrogens with zero attached hydrogens (tertiary/aromatic N) is 1. The lowest BCUT2D eigenvalue weighted by Gasteiger charge is -1.54. The molecule has 3 heteroatoms. The maximum Gasteiger partial charge on any atom is 0.447 e. The van der Waals surface area contributed by atoms with E-state index in [4.69, 9.17) is 0 Å². The van der Waals surface area contributed by atoms with E-state index in [1.165, 1.54) is 0 Å². The molecule has 0 fully saturated rings. The Hall–Kier alpha value is 0.410. The van der Waals surface area contributed by atoms with Crippen molar-refractivity contribution in [2.24, 2.45) is 4.99 Å². The fourth-order valence-electron chi connectivity index (χ4n) is 0.228. The van der Waals surface area contributed by atoms with E-state index in [9.17, 15) is 0 Å². The van der Waals surface area contributed by atoms with E-state index in [-0.39, 0.29) is 17.0 Å². The maximum atomic E-state index is 3.80. The molecule has 34 valence electrons. The number of hydrogen-bond donors (Lipinski definition) is 0. The Morgan fingerprint density at radius 2 is 2.50 bits per heavy atom. The number of hydrogen-bond acceptors (Lipinski definition) is 2. The van der Waals surface area contributed by atoms with Crippen molar-refractivity contribution in [1.29, 1.82) is 0 Å². The van der Waals surface area contributed by atoms with Gasteiger partial charge >= 0.3 is 5.55 Å². The van der Waals surface area contributed by atoms with Gasteiger partial charge in [-0.2, -0.15) is 0 Å². The Balaban J connectivity index is 0.000000250. The van der Waals surface area contributed by atoms with Gasteiger partial charge in [-0.25, -0.2) is 0 Å². The normalized spacial score (nSPS) is 16.0. The van der Waals surface area contributed by atoms with E-state index in [1.807, 2.05) is 0 Å². The lowest BCUT2D eigenvalue weighted by molar-refractivity contribution is -0.000000956. The van der Waals surface area contributed by atoms with Gasteiger partial charge in [0.05, 0.1) is 5.75 Å². The molecule has 0 aliphatic carbocycles.